The summed E-state index contributed by atoms with van der Waals surface area (Å²) in [5.74, 6) is -0.0943. The van der Waals surface area contributed by atoms with E-state index in [4.69, 9.17) is 0 Å². The van der Waals surface area contributed by atoms with Crippen molar-refractivity contribution in [3.05, 3.63) is 34.1 Å². The van der Waals surface area contributed by atoms with Crippen molar-refractivity contribution >= 4 is 39.9 Å². The fourth-order valence-electron chi connectivity index (χ4n) is 4.85. The highest BCUT2D eigenvalue weighted by molar-refractivity contribution is 7.17. The Bertz CT molecular complexity index is 1380. The number of alkyl halides is 3. The third-order valence-corrected chi connectivity index (χ3v) is 8.53. The molecule has 3 aromatic heterocycles. The van der Waals surface area contributed by atoms with Gasteiger partial charge in [0.1, 0.15) is 29.0 Å². The van der Waals surface area contributed by atoms with Gasteiger partial charge in [0, 0.05) is 30.6 Å². The summed E-state index contributed by atoms with van der Waals surface area (Å²) in [6, 6.07) is 1.15. The maximum absolute atomic E-state index is 13.5. The fourth-order valence-corrected chi connectivity index (χ4v) is 6.09. The highest BCUT2D eigenvalue weighted by atomic mass is 32.1. The Kier molecular flexibility index (Phi) is 6.36. The van der Waals surface area contributed by atoms with E-state index in [0.29, 0.717) is 47.6 Å². The largest absolute Gasteiger partial charge is 0.352 e. The normalized spacial score (nSPS) is 22.3. The molecule has 14 heteroatoms. The van der Waals surface area contributed by atoms with E-state index in [-0.39, 0.29) is 24.1 Å². The fraction of sp³-hybridized carbons (Fsp3) is 0.542. The van der Waals surface area contributed by atoms with Crippen LogP contribution in [0.2, 0.25) is 0 Å². The predicted molar refractivity (Wildman–Crippen MR) is 134 cm³/mol. The minimum atomic E-state index is -2.69. The molecule has 0 aliphatic heterocycles. The van der Waals surface area contributed by atoms with E-state index in [1.165, 1.54) is 22.1 Å². The SMILES string of the molecule is Cn1nc(C(F)F)cc1Nc1nncn1C1CCc2sc(NC(=O)[C@@H]3C[C@H]3F)c(C(=O)NCC3CC3)c2C1. The number of amides is 2. The van der Waals surface area contributed by atoms with Gasteiger partial charge in [0.15, 0.2) is 0 Å². The quantitative estimate of drug-likeness (QED) is 0.373. The van der Waals surface area contributed by atoms with Gasteiger partial charge >= 0.3 is 0 Å². The van der Waals surface area contributed by atoms with Crippen LogP contribution in [0.25, 0.3) is 0 Å². The van der Waals surface area contributed by atoms with Crippen LogP contribution in [0.3, 0.4) is 0 Å². The Morgan fingerprint density at radius 3 is 2.74 bits per heavy atom. The van der Waals surface area contributed by atoms with Gasteiger partial charge in [-0.05, 0) is 50.0 Å². The molecule has 202 valence electrons. The highest BCUT2D eigenvalue weighted by Crippen LogP contribution is 2.43. The molecule has 10 nitrogen and oxygen atoms in total. The van der Waals surface area contributed by atoms with Gasteiger partial charge in [-0.15, -0.1) is 21.5 Å². The number of fused-ring (bicyclic) bond motifs is 1. The molecule has 0 bridgehead atoms. The van der Waals surface area contributed by atoms with E-state index in [2.05, 4.69) is 31.2 Å². The van der Waals surface area contributed by atoms with Crippen LogP contribution in [0.15, 0.2) is 12.4 Å². The number of hydrogen-bond donors (Lipinski definition) is 3. The molecule has 3 atom stereocenters. The summed E-state index contributed by atoms with van der Waals surface area (Å²) in [5, 5.41) is 21.3. The number of anilines is 3. The molecule has 3 aliphatic rings. The lowest BCUT2D eigenvalue weighted by molar-refractivity contribution is -0.117. The summed E-state index contributed by atoms with van der Waals surface area (Å²) in [6.45, 7) is 0.584. The summed E-state index contributed by atoms with van der Waals surface area (Å²) in [7, 11) is 1.56. The summed E-state index contributed by atoms with van der Waals surface area (Å²) in [6.07, 6.45) is 2.01. The van der Waals surface area contributed by atoms with Gasteiger partial charge < -0.3 is 16.0 Å². The van der Waals surface area contributed by atoms with Crippen molar-refractivity contribution in [3.63, 3.8) is 0 Å². The third kappa shape index (κ3) is 4.88. The third-order valence-electron chi connectivity index (χ3n) is 7.33. The Balaban J connectivity index is 1.26. The Morgan fingerprint density at radius 2 is 2.05 bits per heavy atom. The minimum absolute atomic E-state index is 0.116. The van der Waals surface area contributed by atoms with Gasteiger partial charge in [0.2, 0.25) is 11.9 Å². The average molecular weight is 549 g/mol. The minimum Gasteiger partial charge on any atom is -0.352 e. The summed E-state index contributed by atoms with van der Waals surface area (Å²) >= 11 is 1.37. The number of nitrogens with one attached hydrogen (secondary N) is 3. The summed E-state index contributed by atoms with van der Waals surface area (Å²) in [4.78, 5) is 26.9. The highest BCUT2D eigenvalue weighted by Gasteiger charge is 2.44. The summed E-state index contributed by atoms with van der Waals surface area (Å²) in [5.41, 5.74) is 0.946. The van der Waals surface area contributed by atoms with Crippen LogP contribution in [0.1, 0.15) is 64.6 Å². The monoisotopic (exact) mass is 548 g/mol. The van der Waals surface area contributed by atoms with E-state index in [1.54, 1.807) is 13.4 Å². The van der Waals surface area contributed by atoms with Crippen molar-refractivity contribution in [2.75, 3.05) is 17.2 Å². The first-order chi connectivity index (χ1) is 18.3. The molecule has 38 heavy (non-hydrogen) atoms. The van der Waals surface area contributed by atoms with Gasteiger partial charge in [-0.3, -0.25) is 18.8 Å². The molecule has 0 spiro atoms. The van der Waals surface area contributed by atoms with E-state index in [0.717, 1.165) is 29.7 Å². The molecule has 2 fully saturated rings. The van der Waals surface area contributed by atoms with Gasteiger partial charge in [-0.25, -0.2) is 13.2 Å². The number of aromatic nitrogens is 5. The number of aryl methyl sites for hydroxylation is 2. The zero-order valence-electron chi connectivity index (χ0n) is 20.6. The number of nitrogens with zero attached hydrogens (tertiary/aromatic N) is 5. The van der Waals surface area contributed by atoms with Crippen LogP contribution >= 0.6 is 11.3 Å². The standard InChI is InChI=1S/C24H27F3N8O2S/c1-34-18(8-16(33-34)20(26)27)30-24-32-29-10-35(24)12-4-5-17-14(6-12)19(22(37)28-9-11-2-3-11)23(38-17)31-21(36)13-7-15(13)25/h8,10-13,15,20H,2-7,9H2,1H3,(H,28,37)(H,30,32)(H,31,36)/t12?,13-,15-/m1/s1. The number of halogens is 3. The number of thiophene rings is 1. The van der Waals surface area contributed by atoms with E-state index >= 15 is 0 Å². The molecular weight excluding hydrogens is 521 g/mol. The lowest BCUT2D eigenvalue weighted by Crippen LogP contribution is -2.29. The second kappa shape index (κ2) is 9.71. The second-order valence-electron chi connectivity index (χ2n) is 10.2. The topological polar surface area (TPSA) is 119 Å². The lowest BCUT2D eigenvalue weighted by atomic mass is 9.91. The maximum Gasteiger partial charge on any atom is 0.282 e. The number of rotatable bonds is 9. The number of carbonyl (C=O) groups is 2. The molecule has 3 heterocycles. The Morgan fingerprint density at radius 1 is 1.26 bits per heavy atom. The Labute approximate surface area is 220 Å². The van der Waals surface area contributed by atoms with Crippen molar-refractivity contribution in [2.24, 2.45) is 18.9 Å². The molecule has 3 N–H and O–H groups in total. The average Bonchev–Trinajstić information content (AvgIpc) is 3.72. The van der Waals surface area contributed by atoms with Crippen molar-refractivity contribution in [1.82, 2.24) is 29.9 Å². The maximum atomic E-state index is 13.5. The molecule has 0 saturated heterocycles. The van der Waals surface area contributed by atoms with Gasteiger partial charge in [0.25, 0.3) is 12.3 Å². The van der Waals surface area contributed by atoms with Crippen molar-refractivity contribution in [1.29, 1.82) is 0 Å². The lowest BCUT2D eigenvalue weighted by Gasteiger charge is -2.25. The van der Waals surface area contributed by atoms with E-state index in [1.807, 2.05) is 4.57 Å². The van der Waals surface area contributed by atoms with Crippen LogP contribution in [0.5, 0.6) is 0 Å². The van der Waals surface area contributed by atoms with Crippen LogP contribution in [0.4, 0.5) is 29.9 Å². The first-order valence-corrected chi connectivity index (χ1v) is 13.5. The van der Waals surface area contributed by atoms with Gasteiger partial charge in [-0.2, -0.15) is 5.10 Å². The molecule has 1 unspecified atom stereocenters. The van der Waals surface area contributed by atoms with Crippen molar-refractivity contribution in [2.45, 2.75) is 57.2 Å². The molecule has 0 radical (unpaired) electrons. The van der Waals surface area contributed by atoms with E-state index < -0.39 is 24.4 Å². The molecule has 3 aliphatic carbocycles. The van der Waals surface area contributed by atoms with Crippen molar-refractivity contribution < 1.29 is 22.8 Å². The van der Waals surface area contributed by atoms with E-state index in [9.17, 15) is 22.8 Å². The first kappa shape index (κ1) is 24.9. The zero-order chi connectivity index (χ0) is 26.6. The van der Waals surface area contributed by atoms with Crippen LogP contribution in [0, 0.1) is 11.8 Å². The predicted octanol–water partition coefficient (Wildman–Crippen LogP) is 3.92. The second-order valence-corrected chi connectivity index (χ2v) is 11.3. The van der Waals surface area contributed by atoms with Crippen LogP contribution < -0.4 is 16.0 Å². The zero-order valence-corrected chi connectivity index (χ0v) is 21.4. The molecule has 2 saturated carbocycles. The van der Waals surface area contributed by atoms with Gasteiger partial charge in [-0.1, -0.05) is 0 Å². The molecule has 3 aromatic rings. The van der Waals surface area contributed by atoms with Crippen molar-refractivity contribution in [3.8, 4) is 0 Å². The van der Waals surface area contributed by atoms with Crippen LogP contribution in [-0.4, -0.2) is 49.1 Å². The number of hydrogen-bond acceptors (Lipinski definition) is 7. The molecule has 0 aromatic carbocycles. The van der Waals surface area contributed by atoms with Crippen LogP contribution in [-0.2, 0) is 24.7 Å². The Hall–Kier alpha value is -3.42. The first-order valence-electron chi connectivity index (χ1n) is 12.6. The molecule has 6 rings (SSSR count). The molecule has 2 amide bonds. The molecular formula is C24H27F3N8O2S. The summed E-state index contributed by atoms with van der Waals surface area (Å²) < 4.78 is 42.8. The van der Waals surface area contributed by atoms with Gasteiger partial charge in [0.05, 0.1) is 11.5 Å². The number of carbonyl (C=O) groups excluding carboxylic acids is 2. The smallest absolute Gasteiger partial charge is 0.282 e.